The predicted octanol–water partition coefficient (Wildman–Crippen LogP) is 7.97. The molecule has 0 radical (unpaired) electrons. The molecule has 10 rings (SSSR count). The first-order valence-electron chi connectivity index (χ1n) is 16.8. The fourth-order valence-corrected chi connectivity index (χ4v) is 9.29. The van der Waals surface area contributed by atoms with Crippen LogP contribution in [0.25, 0.3) is 54.4 Å². The fourth-order valence-electron chi connectivity index (χ4n) is 9.29. The van der Waals surface area contributed by atoms with Crippen molar-refractivity contribution in [2.45, 2.75) is 76.3 Å². The molecule has 46 heavy (non-hydrogen) atoms. The van der Waals surface area contributed by atoms with E-state index in [1.165, 1.54) is 9.80 Å². The standard InChI is InChI=1S/C38H32N4O4/c43-35-29-25-21-15-7-9-17-23(21)40-34(25)32-28-27(29)31(37(45)41(35)19-11-3-1-4-12-19)33-26(22-16-8-10-18-24(22)39-33)30(28)36(44)42(38(32)46)20-13-5-2-6-14-20/h7-10,15-20,39-40H,1-6,11-14H2. The van der Waals surface area contributed by atoms with Gasteiger partial charge in [0, 0.05) is 55.4 Å². The van der Waals surface area contributed by atoms with E-state index in [1.807, 2.05) is 48.5 Å². The number of amides is 4. The molecular formula is C38H32N4O4. The summed E-state index contributed by atoms with van der Waals surface area (Å²) < 4.78 is 0. The van der Waals surface area contributed by atoms with Crippen LogP contribution in [0.3, 0.4) is 0 Å². The van der Waals surface area contributed by atoms with Crippen molar-refractivity contribution in [1.29, 1.82) is 0 Å². The zero-order valence-electron chi connectivity index (χ0n) is 25.4. The largest absolute Gasteiger partial charge is 0.354 e. The number of imide groups is 2. The van der Waals surface area contributed by atoms with Crippen molar-refractivity contribution < 1.29 is 19.2 Å². The Morgan fingerprint density at radius 3 is 1.24 bits per heavy atom. The second kappa shape index (κ2) is 9.28. The molecule has 228 valence electrons. The zero-order chi connectivity index (χ0) is 30.8. The Kier molecular flexibility index (Phi) is 5.30. The van der Waals surface area contributed by atoms with Crippen molar-refractivity contribution in [2.24, 2.45) is 0 Å². The van der Waals surface area contributed by atoms with Gasteiger partial charge in [-0.1, -0.05) is 74.9 Å². The topological polar surface area (TPSA) is 106 Å². The van der Waals surface area contributed by atoms with E-state index in [-0.39, 0.29) is 35.7 Å². The van der Waals surface area contributed by atoms with E-state index in [0.29, 0.717) is 54.8 Å². The first-order chi connectivity index (χ1) is 22.5. The lowest BCUT2D eigenvalue weighted by Gasteiger charge is -2.39. The van der Waals surface area contributed by atoms with Crippen molar-refractivity contribution in [3.63, 3.8) is 0 Å². The number of aromatic nitrogens is 2. The number of H-pyrrole nitrogens is 2. The highest BCUT2D eigenvalue weighted by Crippen LogP contribution is 2.50. The highest BCUT2D eigenvalue weighted by molar-refractivity contribution is 6.45. The second-order valence-electron chi connectivity index (χ2n) is 13.6. The molecule has 4 amide bonds. The van der Waals surface area contributed by atoms with Gasteiger partial charge in [-0.15, -0.1) is 0 Å². The average molecular weight is 609 g/mol. The lowest BCUT2D eigenvalue weighted by atomic mass is 9.79. The van der Waals surface area contributed by atoms with Gasteiger partial charge < -0.3 is 9.97 Å². The highest BCUT2D eigenvalue weighted by Gasteiger charge is 2.48. The minimum absolute atomic E-state index is 0.200. The molecule has 2 N–H and O–H groups in total. The fraction of sp³-hybridized carbons (Fsp3) is 0.316. The molecule has 2 aromatic heterocycles. The summed E-state index contributed by atoms with van der Waals surface area (Å²) in [6.07, 6.45) is 9.12. The van der Waals surface area contributed by atoms with E-state index < -0.39 is 0 Å². The Morgan fingerprint density at radius 1 is 0.457 bits per heavy atom. The van der Waals surface area contributed by atoms with Gasteiger partial charge in [-0.05, 0) is 37.8 Å². The van der Waals surface area contributed by atoms with Gasteiger partial charge in [0.25, 0.3) is 23.6 Å². The molecular weight excluding hydrogens is 576 g/mol. The van der Waals surface area contributed by atoms with E-state index in [1.54, 1.807) is 0 Å². The first kappa shape index (κ1) is 26.3. The van der Waals surface area contributed by atoms with Crippen LogP contribution in [-0.4, -0.2) is 55.5 Å². The minimum atomic E-state index is -0.341. The summed E-state index contributed by atoms with van der Waals surface area (Å²) in [6.45, 7) is 0. The molecule has 0 unspecified atom stereocenters. The number of carbonyl (C=O) groups is 4. The molecule has 4 aromatic carbocycles. The molecule has 8 nitrogen and oxygen atoms in total. The van der Waals surface area contributed by atoms with Gasteiger partial charge >= 0.3 is 0 Å². The number of aromatic amines is 2. The third-order valence-electron chi connectivity index (χ3n) is 11.3. The van der Waals surface area contributed by atoms with Gasteiger partial charge in [0.05, 0.1) is 33.3 Å². The molecule has 0 spiro atoms. The summed E-state index contributed by atoms with van der Waals surface area (Å²) in [4.78, 5) is 69.5. The summed E-state index contributed by atoms with van der Waals surface area (Å²) in [5.41, 5.74) is 4.37. The van der Waals surface area contributed by atoms with Crippen molar-refractivity contribution in [3.8, 4) is 0 Å². The molecule has 4 heterocycles. The maximum atomic E-state index is 14.9. The number of carbonyl (C=O) groups excluding carboxylic acids is 4. The van der Waals surface area contributed by atoms with Gasteiger partial charge in [-0.25, -0.2) is 0 Å². The Balaban J connectivity index is 1.44. The maximum absolute atomic E-state index is 14.9. The summed E-state index contributed by atoms with van der Waals surface area (Å²) in [6, 6.07) is 15.2. The van der Waals surface area contributed by atoms with Gasteiger partial charge in [-0.2, -0.15) is 0 Å². The SMILES string of the molecule is O=C1c2c3[nH]c4ccccc4c3c3c4c(c5[nH]c6ccccc6c5c(c24)C(=O)N1C1CCCCC1)C(=O)N(C1CCCCC1)C3=O. The first-order valence-corrected chi connectivity index (χ1v) is 16.8. The number of nitrogens with zero attached hydrogens (tertiary/aromatic N) is 2. The van der Waals surface area contributed by atoms with Gasteiger partial charge in [0.15, 0.2) is 0 Å². The van der Waals surface area contributed by atoms with Crippen LogP contribution in [0.1, 0.15) is 106 Å². The van der Waals surface area contributed by atoms with Gasteiger partial charge in [0.1, 0.15) is 0 Å². The molecule has 2 aliphatic heterocycles. The van der Waals surface area contributed by atoms with Crippen LogP contribution in [0.5, 0.6) is 0 Å². The second-order valence-corrected chi connectivity index (χ2v) is 13.6. The molecule has 6 aromatic rings. The number of fused-ring (bicyclic) bond motifs is 10. The number of hydrogen-bond acceptors (Lipinski definition) is 4. The molecule has 2 fully saturated rings. The van der Waals surface area contributed by atoms with Crippen LogP contribution >= 0.6 is 0 Å². The van der Waals surface area contributed by atoms with Crippen LogP contribution < -0.4 is 0 Å². The van der Waals surface area contributed by atoms with Gasteiger partial charge in [-0.3, -0.25) is 29.0 Å². The van der Waals surface area contributed by atoms with E-state index in [4.69, 9.17) is 0 Å². The third kappa shape index (κ3) is 3.19. The minimum Gasteiger partial charge on any atom is -0.354 e. The van der Waals surface area contributed by atoms with Crippen molar-refractivity contribution in [2.75, 3.05) is 0 Å². The van der Waals surface area contributed by atoms with Gasteiger partial charge in [0.2, 0.25) is 0 Å². The molecule has 4 aliphatic rings. The number of para-hydroxylation sites is 2. The van der Waals surface area contributed by atoms with Crippen molar-refractivity contribution in [3.05, 3.63) is 70.8 Å². The van der Waals surface area contributed by atoms with Crippen LogP contribution in [0.4, 0.5) is 0 Å². The monoisotopic (exact) mass is 608 g/mol. The maximum Gasteiger partial charge on any atom is 0.263 e. The lowest BCUT2D eigenvalue weighted by Crippen LogP contribution is -2.50. The summed E-state index contributed by atoms with van der Waals surface area (Å²) >= 11 is 0. The summed E-state index contributed by atoms with van der Waals surface area (Å²) in [5.74, 6) is -1.34. The number of rotatable bonds is 2. The number of benzene rings is 4. The van der Waals surface area contributed by atoms with Crippen LogP contribution in [0.15, 0.2) is 48.5 Å². The lowest BCUT2D eigenvalue weighted by molar-refractivity contribution is 0.0484. The Morgan fingerprint density at radius 2 is 0.826 bits per heavy atom. The highest BCUT2D eigenvalue weighted by atomic mass is 16.2. The average Bonchev–Trinajstić information content (AvgIpc) is 3.65. The molecule has 2 aliphatic carbocycles. The van der Waals surface area contributed by atoms with E-state index in [2.05, 4.69) is 9.97 Å². The molecule has 2 saturated carbocycles. The zero-order valence-corrected chi connectivity index (χ0v) is 25.4. The van der Waals surface area contributed by atoms with E-state index in [0.717, 1.165) is 86.0 Å². The Labute approximate surface area is 263 Å². The molecule has 0 atom stereocenters. The van der Waals surface area contributed by atoms with E-state index >= 15 is 0 Å². The van der Waals surface area contributed by atoms with Crippen LogP contribution in [0, 0.1) is 0 Å². The Bertz CT molecular complexity index is 2220. The predicted molar refractivity (Wildman–Crippen MR) is 177 cm³/mol. The molecule has 0 saturated heterocycles. The third-order valence-corrected chi connectivity index (χ3v) is 11.3. The summed E-state index contributed by atoms with van der Waals surface area (Å²) in [5, 5.41) is 3.85. The van der Waals surface area contributed by atoms with Crippen molar-refractivity contribution >= 4 is 78.0 Å². The Hall–Kier alpha value is -4.98. The summed E-state index contributed by atoms with van der Waals surface area (Å²) in [7, 11) is 0. The number of hydrogen-bond donors (Lipinski definition) is 2. The quantitative estimate of drug-likeness (QED) is 0.195. The molecule has 0 bridgehead atoms. The smallest absolute Gasteiger partial charge is 0.263 e. The van der Waals surface area contributed by atoms with E-state index in [9.17, 15) is 19.2 Å². The van der Waals surface area contributed by atoms with Crippen molar-refractivity contribution in [1.82, 2.24) is 19.8 Å². The molecule has 8 heteroatoms. The normalized spacial score (nSPS) is 19.7. The number of nitrogens with one attached hydrogen (secondary N) is 2. The van der Waals surface area contributed by atoms with Crippen LogP contribution in [0.2, 0.25) is 0 Å². The van der Waals surface area contributed by atoms with Crippen LogP contribution in [-0.2, 0) is 0 Å².